The summed E-state index contributed by atoms with van der Waals surface area (Å²) in [4.78, 5) is 38.6. The van der Waals surface area contributed by atoms with Crippen LogP contribution in [0.1, 0.15) is 33.9 Å². The number of halogens is 2. The van der Waals surface area contributed by atoms with Crippen LogP contribution >= 0.6 is 23.7 Å². The zero-order valence-corrected chi connectivity index (χ0v) is 25.1. The summed E-state index contributed by atoms with van der Waals surface area (Å²) < 4.78 is 52.8. The van der Waals surface area contributed by atoms with Gasteiger partial charge in [-0.3, -0.25) is 23.7 Å². The number of hydrogen-bond acceptors (Lipinski definition) is 9. The quantitative estimate of drug-likeness (QED) is 0.217. The number of carbonyl (C=O) groups excluding carboxylic acids is 1. The number of fused-ring (bicyclic) bond motifs is 1. The number of aliphatic hydroxyl groups is 1. The summed E-state index contributed by atoms with van der Waals surface area (Å²) in [5.74, 6) is -0.545. The van der Waals surface area contributed by atoms with Gasteiger partial charge in [0.15, 0.2) is 11.9 Å². The number of aromatic nitrogens is 2. The second kappa shape index (κ2) is 12.2. The molecule has 6 atom stereocenters. The van der Waals surface area contributed by atoms with Gasteiger partial charge in [0.05, 0.1) is 17.2 Å². The summed E-state index contributed by atoms with van der Waals surface area (Å²) in [6.07, 6.45) is -4.35. The highest BCUT2D eigenvalue weighted by atomic mass is 79.9. The van der Waals surface area contributed by atoms with Gasteiger partial charge in [0.2, 0.25) is 0 Å². The molecule has 0 bridgehead atoms. The van der Waals surface area contributed by atoms with E-state index in [1.54, 1.807) is 38.1 Å². The van der Waals surface area contributed by atoms with Gasteiger partial charge in [-0.25, -0.2) is 13.8 Å². The number of alkyl halides is 1. The van der Waals surface area contributed by atoms with Gasteiger partial charge in [-0.15, -0.1) is 0 Å². The first-order valence-electron chi connectivity index (χ1n) is 12.7. The molecular weight excluding hydrogens is 628 g/mol. The minimum Gasteiger partial charge on any atom is -0.462 e. The Morgan fingerprint density at radius 3 is 2.63 bits per heavy atom. The van der Waals surface area contributed by atoms with E-state index in [1.807, 2.05) is 23.2 Å². The van der Waals surface area contributed by atoms with Crippen LogP contribution in [0.5, 0.6) is 5.75 Å². The van der Waals surface area contributed by atoms with Crippen molar-refractivity contribution in [3.63, 3.8) is 0 Å². The van der Waals surface area contributed by atoms with Crippen LogP contribution in [0.2, 0.25) is 0 Å². The largest absolute Gasteiger partial charge is 0.462 e. The van der Waals surface area contributed by atoms with Crippen molar-refractivity contribution in [1.29, 1.82) is 0 Å². The molecule has 4 rings (SSSR count). The summed E-state index contributed by atoms with van der Waals surface area (Å²) in [5.41, 5.74) is -4.23. The fourth-order valence-corrected chi connectivity index (χ4v) is 6.12. The molecule has 2 heterocycles. The van der Waals surface area contributed by atoms with E-state index >= 15 is 4.39 Å². The van der Waals surface area contributed by atoms with Gasteiger partial charge in [0, 0.05) is 11.6 Å². The van der Waals surface area contributed by atoms with Crippen molar-refractivity contribution in [2.75, 3.05) is 6.61 Å². The van der Waals surface area contributed by atoms with Gasteiger partial charge in [0.1, 0.15) is 24.0 Å². The number of aliphatic hydroxyl groups excluding tert-OH is 1. The van der Waals surface area contributed by atoms with Crippen molar-refractivity contribution in [2.24, 2.45) is 0 Å². The average Bonchev–Trinajstić information content (AvgIpc) is 3.13. The van der Waals surface area contributed by atoms with Gasteiger partial charge >= 0.3 is 19.4 Å². The number of rotatable bonds is 10. The lowest BCUT2D eigenvalue weighted by atomic mass is 9.98. The number of ether oxygens (including phenoxy) is 2. The van der Waals surface area contributed by atoms with E-state index < -0.39 is 67.8 Å². The number of nitrogens with one attached hydrogen (secondary N) is 2. The molecule has 15 heteroatoms. The first-order valence-corrected chi connectivity index (χ1v) is 15.0. The Morgan fingerprint density at radius 2 is 1.93 bits per heavy atom. The molecule has 1 aromatic heterocycles. The van der Waals surface area contributed by atoms with Gasteiger partial charge < -0.3 is 19.1 Å². The SMILES string of the molecule is CC(C)OC(=O)[C@@H](C)NP(=O)(OC[C@H]1OC(n2cc(Br)c(=O)[nH]c2=O)[C@](C)(F)[C@@H]1O)Oc1cccc2ccccc12. The third kappa shape index (κ3) is 6.79. The van der Waals surface area contributed by atoms with Crippen molar-refractivity contribution in [1.82, 2.24) is 14.6 Å². The van der Waals surface area contributed by atoms with Crippen LogP contribution in [-0.4, -0.2) is 57.3 Å². The lowest BCUT2D eigenvalue weighted by molar-refractivity contribution is -0.149. The molecule has 0 amide bonds. The van der Waals surface area contributed by atoms with E-state index in [9.17, 15) is 24.1 Å². The zero-order chi connectivity index (χ0) is 30.1. The molecule has 12 nitrogen and oxygen atoms in total. The molecule has 41 heavy (non-hydrogen) atoms. The molecule has 1 saturated heterocycles. The molecule has 0 radical (unpaired) electrons. The third-order valence-corrected chi connectivity index (χ3v) is 8.52. The van der Waals surface area contributed by atoms with Crippen LogP contribution in [0.15, 0.2) is 62.7 Å². The summed E-state index contributed by atoms with van der Waals surface area (Å²) in [6, 6.07) is 11.1. The maximum atomic E-state index is 15.7. The smallest absolute Gasteiger partial charge is 0.459 e. The number of aromatic amines is 1. The Balaban J connectivity index is 1.61. The second-order valence-corrected chi connectivity index (χ2v) is 12.5. The fraction of sp³-hybridized carbons (Fsp3) is 0.423. The minimum atomic E-state index is -4.42. The predicted molar refractivity (Wildman–Crippen MR) is 150 cm³/mol. The Morgan fingerprint density at radius 1 is 1.24 bits per heavy atom. The Bertz CT molecular complexity index is 1590. The molecule has 1 aliphatic heterocycles. The van der Waals surface area contributed by atoms with Gasteiger partial charge in [-0.05, 0) is 55.1 Å². The van der Waals surface area contributed by atoms with Gasteiger partial charge in [-0.1, -0.05) is 36.4 Å². The van der Waals surface area contributed by atoms with Crippen LogP contribution < -0.4 is 20.9 Å². The molecule has 0 spiro atoms. The zero-order valence-electron chi connectivity index (χ0n) is 22.6. The minimum absolute atomic E-state index is 0.0647. The van der Waals surface area contributed by atoms with Crippen LogP contribution in [-0.2, 0) is 23.4 Å². The van der Waals surface area contributed by atoms with Crippen molar-refractivity contribution < 1.29 is 37.4 Å². The molecule has 3 N–H and O–H groups in total. The van der Waals surface area contributed by atoms with Gasteiger partial charge in [-0.2, -0.15) is 5.09 Å². The molecule has 3 aromatic rings. The van der Waals surface area contributed by atoms with Crippen LogP contribution in [0.3, 0.4) is 0 Å². The van der Waals surface area contributed by atoms with E-state index in [1.165, 1.54) is 6.92 Å². The maximum absolute atomic E-state index is 15.7. The van der Waals surface area contributed by atoms with Gasteiger partial charge in [0.25, 0.3) is 5.56 Å². The van der Waals surface area contributed by atoms with E-state index in [-0.39, 0.29) is 10.2 Å². The molecule has 222 valence electrons. The number of benzene rings is 2. The molecule has 0 aliphatic carbocycles. The van der Waals surface area contributed by atoms with Crippen LogP contribution in [0, 0.1) is 0 Å². The molecule has 0 saturated carbocycles. The van der Waals surface area contributed by atoms with Crippen LogP contribution in [0.25, 0.3) is 10.8 Å². The number of hydrogen-bond donors (Lipinski definition) is 3. The number of nitrogens with zero attached hydrogens (tertiary/aromatic N) is 1. The van der Waals surface area contributed by atoms with E-state index in [0.717, 1.165) is 23.1 Å². The lowest BCUT2D eigenvalue weighted by Gasteiger charge is -2.26. The van der Waals surface area contributed by atoms with E-state index in [0.29, 0.717) is 5.39 Å². The highest BCUT2D eigenvalue weighted by Crippen LogP contribution is 2.48. The first kappa shape index (κ1) is 31.1. The summed E-state index contributed by atoms with van der Waals surface area (Å²) in [7, 11) is -4.42. The maximum Gasteiger partial charge on any atom is 0.459 e. The lowest BCUT2D eigenvalue weighted by Crippen LogP contribution is -2.44. The van der Waals surface area contributed by atoms with Crippen molar-refractivity contribution in [3.05, 3.63) is 74.0 Å². The van der Waals surface area contributed by atoms with Crippen molar-refractivity contribution in [3.8, 4) is 5.75 Å². The van der Waals surface area contributed by atoms with Crippen LogP contribution in [0.4, 0.5) is 4.39 Å². The Kier molecular flexibility index (Phi) is 9.22. The summed E-state index contributed by atoms with van der Waals surface area (Å²) in [6.45, 7) is 5.06. The second-order valence-electron chi connectivity index (χ2n) is 9.96. The standard InChI is InChI=1S/C26H30BrFN3O9P/c1-14(2)38-23(34)15(3)30-41(36,40-19-11-7-9-16-8-5-6-10-17(16)19)37-13-20-21(32)26(4,28)24(39-20)31-12-18(27)22(33)29-25(31)35/h5-12,14-15,20-21,24,32H,13H2,1-4H3,(H,30,36)(H,29,33,35)/t15-,20-,21-,24?,26-,41?/m1/s1. The number of esters is 1. The first-order chi connectivity index (χ1) is 19.2. The predicted octanol–water partition coefficient (Wildman–Crippen LogP) is 3.57. The van der Waals surface area contributed by atoms with E-state index in [4.69, 9.17) is 18.5 Å². The van der Waals surface area contributed by atoms with Crippen molar-refractivity contribution in [2.45, 2.75) is 63.9 Å². The molecule has 1 fully saturated rings. The van der Waals surface area contributed by atoms with E-state index in [2.05, 4.69) is 21.0 Å². The summed E-state index contributed by atoms with van der Waals surface area (Å²) in [5, 5.41) is 14.7. The third-order valence-electron chi connectivity index (χ3n) is 6.33. The molecule has 2 unspecified atom stereocenters. The molecule has 2 aromatic carbocycles. The molecule has 1 aliphatic rings. The fourth-order valence-electron chi connectivity index (χ4n) is 4.28. The highest BCUT2D eigenvalue weighted by Gasteiger charge is 2.56. The number of carbonyl (C=O) groups is 1. The summed E-state index contributed by atoms with van der Waals surface area (Å²) >= 11 is 2.98. The Hall–Kier alpha value is -2.87. The normalized spacial score (nSPS) is 24.7. The Labute approximate surface area is 242 Å². The highest BCUT2D eigenvalue weighted by molar-refractivity contribution is 9.10. The molecular formula is C26H30BrFN3O9P. The number of H-pyrrole nitrogens is 1. The average molecular weight is 658 g/mol. The van der Waals surface area contributed by atoms with Crippen molar-refractivity contribution >= 4 is 40.4 Å². The topological polar surface area (TPSA) is 158 Å². The monoisotopic (exact) mass is 657 g/mol.